The number of hydrogen-bond acceptors (Lipinski definition) is 5. The molecule has 1 aromatic carbocycles. The monoisotopic (exact) mass is 412 g/mol. The molecule has 2 aliphatic rings. The van der Waals surface area contributed by atoms with Crippen LogP contribution in [0.3, 0.4) is 0 Å². The summed E-state index contributed by atoms with van der Waals surface area (Å²) in [6, 6.07) is 7.18. The third kappa shape index (κ3) is 2.90. The molecule has 2 fully saturated rings. The highest BCUT2D eigenvalue weighted by Crippen LogP contribution is 2.55. The van der Waals surface area contributed by atoms with Crippen molar-refractivity contribution in [2.24, 2.45) is 5.92 Å². The van der Waals surface area contributed by atoms with Crippen LogP contribution in [0.4, 0.5) is 10.5 Å². The van der Waals surface area contributed by atoms with Gasteiger partial charge < -0.3 is 14.6 Å². The number of carbonyl (C=O) groups is 1. The van der Waals surface area contributed by atoms with Crippen molar-refractivity contribution in [3.8, 4) is 5.69 Å². The number of aromatic nitrogens is 4. The first-order valence-corrected chi connectivity index (χ1v) is 10.0. The molecule has 1 aliphatic carbocycles. The van der Waals surface area contributed by atoms with Gasteiger partial charge in [0.15, 0.2) is 0 Å². The molecule has 9 heteroatoms. The SMILES string of the molecule is Cc1nnc([C@]23C[C@H](C)C[C@H](C2)N3C(=O)Nc2ccc(Cl)c(-n3cccn3)c2)o1. The minimum Gasteiger partial charge on any atom is -0.423 e. The van der Waals surface area contributed by atoms with E-state index in [1.54, 1.807) is 36.1 Å². The van der Waals surface area contributed by atoms with Crippen LogP contribution in [0.15, 0.2) is 41.1 Å². The average Bonchev–Trinajstić information content (AvgIpc) is 3.34. The van der Waals surface area contributed by atoms with E-state index < -0.39 is 5.54 Å². The molecule has 0 unspecified atom stereocenters. The van der Waals surface area contributed by atoms with E-state index in [0.717, 1.165) is 19.3 Å². The van der Waals surface area contributed by atoms with Crippen molar-refractivity contribution in [1.82, 2.24) is 24.9 Å². The summed E-state index contributed by atoms with van der Waals surface area (Å²) in [5.74, 6) is 1.53. The number of anilines is 1. The largest absolute Gasteiger partial charge is 0.423 e. The van der Waals surface area contributed by atoms with Crippen molar-refractivity contribution in [3.63, 3.8) is 0 Å². The molecule has 1 saturated carbocycles. The Morgan fingerprint density at radius 1 is 1.34 bits per heavy atom. The van der Waals surface area contributed by atoms with Crippen LogP contribution in [-0.4, -0.2) is 37.0 Å². The fraction of sp³-hybridized carbons (Fsp3) is 0.400. The van der Waals surface area contributed by atoms with Gasteiger partial charge in [-0.1, -0.05) is 18.5 Å². The van der Waals surface area contributed by atoms with Crippen LogP contribution in [0, 0.1) is 12.8 Å². The highest BCUT2D eigenvalue weighted by molar-refractivity contribution is 6.32. The molecular formula is C20H21ClN6O2. The van der Waals surface area contributed by atoms with Crippen LogP contribution in [0.1, 0.15) is 38.0 Å². The number of urea groups is 1. The van der Waals surface area contributed by atoms with Crippen LogP contribution >= 0.6 is 11.6 Å². The second-order valence-electron chi connectivity index (χ2n) is 7.98. The number of nitrogens with one attached hydrogen (secondary N) is 1. The third-order valence-corrected chi connectivity index (χ3v) is 6.17. The highest BCUT2D eigenvalue weighted by atomic mass is 35.5. The van der Waals surface area contributed by atoms with Crippen LogP contribution < -0.4 is 5.32 Å². The van der Waals surface area contributed by atoms with Gasteiger partial charge in [-0.15, -0.1) is 10.2 Å². The standard InChI is InChI=1S/C20H21ClN6O2/c1-12-8-15-11-20(10-12,18-25-24-13(2)29-18)27(15)19(28)23-14-4-5-16(21)17(9-14)26-7-3-6-22-26/h3-7,9,12,15H,8,10-11H2,1-2H3,(H,23,28)/t12-,15-,20+/m1/s1. The molecule has 29 heavy (non-hydrogen) atoms. The lowest BCUT2D eigenvalue weighted by Gasteiger charge is -2.61. The Morgan fingerprint density at radius 3 is 2.93 bits per heavy atom. The van der Waals surface area contributed by atoms with Gasteiger partial charge in [-0.3, -0.25) is 0 Å². The Balaban J connectivity index is 1.43. The van der Waals surface area contributed by atoms with Crippen molar-refractivity contribution in [3.05, 3.63) is 53.5 Å². The van der Waals surface area contributed by atoms with Gasteiger partial charge in [0, 0.05) is 37.5 Å². The Morgan fingerprint density at radius 2 is 2.21 bits per heavy atom. The van der Waals surface area contributed by atoms with Crippen molar-refractivity contribution < 1.29 is 9.21 Å². The molecule has 3 heterocycles. The zero-order valence-electron chi connectivity index (χ0n) is 16.2. The molecule has 1 aliphatic heterocycles. The van der Waals surface area contributed by atoms with Crippen molar-refractivity contribution in [2.75, 3.05) is 5.32 Å². The van der Waals surface area contributed by atoms with E-state index in [9.17, 15) is 4.79 Å². The summed E-state index contributed by atoms with van der Waals surface area (Å²) in [7, 11) is 0. The number of nitrogens with zero attached hydrogens (tertiary/aromatic N) is 5. The van der Waals surface area contributed by atoms with Gasteiger partial charge in [0.1, 0.15) is 5.54 Å². The van der Waals surface area contributed by atoms with Crippen molar-refractivity contribution in [2.45, 2.75) is 44.7 Å². The normalized spacial score (nSPS) is 25.6. The third-order valence-electron chi connectivity index (χ3n) is 5.85. The fourth-order valence-corrected chi connectivity index (χ4v) is 5.00. The zero-order valence-corrected chi connectivity index (χ0v) is 16.9. The number of rotatable bonds is 3. The van der Waals surface area contributed by atoms with Crippen LogP contribution in [0.25, 0.3) is 5.69 Å². The minimum absolute atomic E-state index is 0.169. The van der Waals surface area contributed by atoms with Gasteiger partial charge in [0.2, 0.25) is 11.8 Å². The van der Waals surface area contributed by atoms with E-state index in [2.05, 4.69) is 27.5 Å². The predicted octanol–water partition coefficient (Wildman–Crippen LogP) is 4.15. The first-order valence-electron chi connectivity index (χ1n) is 9.67. The van der Waals surface area contributed by atoms with Crippen molar-refractivity contribution >= 4 is 23.3 Å². The van der Waals surface area contributed by atoms with E-state index >= 15 is 0 Å². The number of aryl methyl sites for hydroxylation is 1. The summed E-state index contributed by atoms with van der Waals surface area (Å²) >= 11 is 6.31. The maximum Gasteiger partial charge on any atom is 0.323 e. The van der Waals surface area contributed by atoms with E-state index in [1.807, 2.05) is 17.0 Å². The summed E-state index contributed by atoms with van der Waals surface area (Å²) in [6.45, 7) is 3.97. The van der Waals surface area contributed by atoms with Crippen LogP contribution in [-0.2, 0) is 5.54 Å². The van der Waals surface area contributed by atoms with Gasteiger partial charge in [-0.25, -0.2) is 9.48 Å². The summed E-state index contributed by atoms with van der Waals surface area (Å²) in [6.07, 6.45) is 6.13. The molecular weight excluding hydrogens is 392 g/mol. The molecule has 2 bridgehead atoms. The van der Waals surface area contributed by atoms with Crippen LogP contribution in [0.5, 0.6) is 0 Å². The number of fused-ring (bicyclic) bond motifs is 2. The molecule has 0 radical (unpaired) electrons. The van der Waals surface area contributed by atoms with Gasteiger partial charge in [-0.2, -0.15) is 5.10 Å². The Hall–Kier alpha value is -2.87. The van der Waals surface area contributed by atoms with Gasteiger partial charge in [0.05, 0.1) is 10.7 Å². The molecule has 8 nitrogen and oxygen atoms in total. The Labute approximate surface area is 172 Å². The molecule has 3 atom stereocenters. The maximum atomic E-state index is 13.3. The molecule has 2 amide bonds. The van der Waals surface area contributed by atoms with E-state index in [1.165, 1.54) is 0 Å². The highest BCUT2D eigenvalue weighted by Gasteiger charge is 2.62. The van der Waals surface area contributed by atoms with E-state index in [-0.39, 0.29) is 12.1 Å². The predicted molar refractivity (Wildman–Crippen MR) is 107 cm³/mol. The summed E-state index contributed by atoms with van der Waals surface area (Å²) in [5, 5.41) is 16.0. The quantitative estimate of drug-likeness (QED) is 0.698. The fourth-order valence-electron chi connectivity index (χ4n) is 4.79. The number of likely N-dealkylation sites (tertiary alicyclic amines) is 1. The number of hydrogen-bond donors (Lipinski definition) is 1. The number of carbonyl (C=O) groups excluding carboxylic acids is 1. The topological polar surface area (TPSA) is 89.1 Å². The van der Waals surface area contributed by atoms with Crippen molar-refractivity contribution in [1.29, 1.82) is 0 Å². The summed E-state index contributed by atoms with van der Waals surface area (Å²) in [4.78, 5) is 15.1. The summed E-state index contributed by atoms with van der Waals surface area (Å²) in [5.41, 5.74) is 0.833. The number of benzene rings is 1. The first kappa shape index (κ1) is 18.2. The number of halogens is 1. The molecule has 0 spiro atoms. The molecule has 3 aromatic rings. The average molecular weight is 413 g/mol. The van der Waals surface area contributed by atoms with Gasteiger partial charge >= 0.3 is 6.03 Å². The first-order chi connectivity index (χ1) is 14.0. The molecule has 2 aromatic heterocycles. The maximum absolute atomic E-state index is 13.3. The second-order valence-corrected chi connectivity index (χ2v) is 8.38. The molecule has 5 rings (SSSR count). The minimum atomic E-state index is -0.523. The van der Waals surface area contributed by atoms with E-state index in [0.29, 0.717) is 34.1 Å². The number of amides is 2. The summed E-state index contributed by atoms with van der Waals surface area (Å²) < 4.78 is 7.42. The zero-order chi connectivity index (χ0) is 20.2. The lowest BCUT2D eigenvalue weighted by molar-refractivity contribution is -0.110. The molecule has 1 N–H and O–H groups in total. The lowest BCUT2D eigenvalue weighted by Crippen LogP contribution is -2.70. The smallest absolute Gasteiger partial charge is 0.323 e. The Bertz CT molecular complexity index is 1060. The second kappa shape index (κ2) is 6.59. The van der Waals surface area contributed by atoms with Crippen LogP contribution in [0.2, 0.25) is 5.02 Å². The van der Waals surface area contributed by atoms with Gasteiger partial charge in [-0.05, 0) is 43.0 Å². The van der Waals surface area contributed by atoms with E-state index in [4.69, 9.17) is 16.0 Å². The molecule has 150 valence electrons. The molecule has 1 saturated heterocycles. The number of piperidine rings is 1. The Kier molecular flexibility index (Phi) is 4.13. The van der Waals surface area contributed by atoms with Gasteiger partial charge in [0.25, 0.3) is 0 Å². The lowest BCUT2D eigenvalue weighted by atomic mass is 9.64.